The van der Waals surface area contributed by atoms with E-state index in [0.717, 1.165) is 0 Å². The molecule has 1 N–H and O–H groups in total. The van der Waals surface area contributed by atoms with Gasteiger partial charge >= 0.3 is 0 Å². The van der Waals surface area contributed by atoms with Gasteiger partial charge in [-0.1, -0.05) is 0 Å². The van der Waals surface area contributed by atoms with Crippen molar-refractivity contribution < 1.29 is 0 Å². The quantitative estimate of drug-likeness (QED) is 0.567. The predicted octanol–water partition coefficient (Wildman–Crippen LogP) is 1.17. The molecular weight excluding hydrogens is 144 g/mol. The Morgan fingerprint density at radius 1 is 1.50 bits per heavy atom. The Morgan fingerprint density at radius 3 is 3.50 bits per heavy atom. The van der Waals surface area contributed by atoms with Crippen molar-refractivity contribution in [2.24, 2.45) is 0 Å². The van der Waals surface area contributed by atoms with Crippen LogP contribution in [0.5, 0.6) is 0 Å². The number of hydrogen-bond donors (Lipinski definition) is 1. The second-order valence-electron chi connectivity index (χ2n) is 2.65. The summed E-state index contributed by atoms with van der Waals surface area (Å²) < 4.78 is 0. The van der Waals surface area contributed by atoms with Gasteiger partial charge in [0.2, 0.25) is 0 Å². The fourth-order valence-electron chi connectivity index (χ4n) is 1.32. The van der Waals surface area contributed by atoms with Crippen LogP contribution < -0.4 is 5.32 Å². The third-order valence-corrected chi connectivity index (χ3v) is 3.14. The molecular formula is C7H12N2S. The molecule has 1 atom stereocenters. The number of hydrogen-bond acceptors (Lipinski definition) is 3. The second kappa shape index (κ2) is 2.74. The molecule has 0 amide bonds. The van der Waals surface area contributed by atoms with Crippen LogP contribution in [0.25, 0.3) is 0 Å². The molecule has 2 rings (SSSR count). The highest BCUT2D eigenvalue weighted by atomic mass is 32.2. The smallest absolute Gasteiger partial charge is 0.147 e. The summed E-state index contributed by atoms with van der Waals surface area (Å²) in [4.78, 5) is 2.37. The number of nitrogens with zero attached hydrogens (tertiary/aromatic N) is 1. The molecule has 3 heteroatoms. The Labute approximate surface area is 65.7 Å². The lowest BCUT2D eigenvalue weighted by atomic mass is 10.3. The summed E-state index contributed by atoms with van der Waals surface area (Å²) in [5.41, 5.74) is 0.544. The standard InChI is InChI=1S/C7H12N2S/c1-2-6-10-7-8-3-5-9(7)4-1/h3,5,7-8H,1-2,4,6H2. The third kappa shape index (κ3) is 1.10. The molecule has 10 heavy (non-hydrogen) atoms. The zero-order valence-electron chi connectivity index (χ0n) is 5.92. The van der Waals surface area contributed by atoms with E-state index in [9.17, 15) is 0 Å². The van der Waals surface area contributed by atoms with Gasteiger partial charge in [-0.15, -0.1) is 11.8 Å². The van der Waals surface area contributed by atoms with Gasteiger partial charge in [0.25, 0.3) is 0 Å². The van der Waals surface area contributed by atoms with Crippen LogP contribution in [-0.4, -0.2) is 22.7 Å². The minimum absolute atomic E-state index is 0.544. The number of rotatable bonds is 0. The second-order valence-corrected chi connectivity index (χ2v) is 3.84. The van der Waals surface area contributed by atoms with Crippen LogP contribution in [0.15, 0.2) is 12.4 Å². The van der Waals surface area contributed by atoms with Gasteiger partial charge < -0.3 is 10.2 Å². The van der Waals surface area contributed by atoms with E-state index in [2.05, 4.69) is 16.4 Å². The Morgan fingerprint density at radius 2 is 2.50 bits per heavy atom. The number of thioether (sulfide) groups is 1. The van der Waals surface area contributed by atoms with Crippen LogP contribution >= 0.6 is 11.8 Å². The molecule has 1 saturated heterocycles. The highest BCUT2D eigenvalue weighted by Gasteiger charge is 2.20. The molecule has 0 saturated carbocycles. The van der Waals surface area contributed by atoms with Crippen LogP contribution in [0.4, 0.5) is 0 Å². The van der Waals surface area contributed by atoms with Crippen molar-refractivity contribution in [1.29, 1.82) is 0 Å². The monoisotopic (exact) mass is 156 g/mol. The van der Waals surface area contributed by atoms with E-state index >= 15 is 0 Å². The molecule has 2 aliphatic rings. The predicted molar refractivity (Wildman–Crippen MR) is 44.5 cm³/mol. The van der Waals surface area contributed by atoms with Gasteiger partial charge in [0.05, 0.1) is 0 Å². The first kappa shape index (κ1) is 6.40. The maximum Gasteiger partial charge on any atom is 0.147 e. The van der Waals surface area contributed by atoms with Crippen LogP contribution in [-0.2, 0) is 0 Å². The van der Waals surface area contributed by atoms with E-state index in [-0.39, 0.29) is 0 Å². The molecule has 0 aromatic carbocycles. The Hall–Kier alpha value is -0.310. The largest absolute Gasteiger partial charge is 0.362 e. The van der Waals surface area contributed by atoms with Crippen LogP contribution in [0.1, 0.15) is 12.8 Å². The zero-order chi connectivity index (χ0) is 6.81. The molecule has 0 bridgehead atoms. The first-order chi connectivity index (χ1) is 4.97. The summed E-state index contributed by atoms with van der Waals surface area (Å²) in [5, 5.41) is 3.31. The van der Waals surface area contributed by atoms with Gasteiger partial charge in [-0.3, -0.25) is 0 Å². The Kier molecular flexibility index (Phi) is 1.76. The van der Waals surface area contributed by atoms with E-state index in [0.29, 0.717) is 5.50 Å². The fraction of sp³-hybridized carbons (Fsp3) is 0.714. The van der Waals surface area contributed by atoms with Crippen LogP contribution in [0.3, 0.4) is 0 Å². The van der Waals surface area contributed by atoms with Crippen molar-refractivity contribution >= 4 is 11.8 Å². The van der Waals surface area contributed by atoms with Gasteiger partial charge in [0.15, 0.2) is 0 Å². The lowest BCUT2D eigenvalue weighted by Crippen LogP contribution is -2.31. The molecule has 0 spiro atoms. The first-order valence-corrected chi connectivity index (χ1v) is 4.82. The van der Waals surface area contributed by atoms with E-state index in [4.69, 9.17) is 0 Å². The average Bonchev–Trinajstić information content (AvgIpc) is 2.28. The van der Waals surface area contributed by atoms with Crippen molar-refractivity contribution in [2.45, 2.75) is 18.3 Å². The van der Waals surface area contributed by atoms with Gasteiger partial charge in [0, 0.05) is 18.9 Å². The van der Waals surface area contributed by atoms with Crippen LogP contribution in [0, 0.1) is 0 Å². The maximum absolute atomic E-state index is 3.31. The minimum Gasteiger partial charge on any atom is -0.362 e. The summed E-state index contributed by atoms with van der Waals surface area (Å²) in [6, 6.07) is 0. The molecule has 0 radical (unpaired) electrons. The minimum atomic E-state index is 0.544. The SMILES string of the molecule is C1=CN2CCCCSC2N1. The lowest BCUT2D eigenvalue weighted by molar-refractivity contribution is 0.362. The molecule has 0 aromatic heterocycles. The molecule has 2 aliphatic heterocycles. The lowest BCUT2D eigenvalue weighted by Gasteiger charge is -2.21. The molecule has 1 unspecified atom stereocenters. The Bertz CT molecular complexity index is 147. The molecule has 2 nitrogen and oxygen atoms in total. The topological polar surface area (TPSA) is 15.3 Å². The van der Waals surface area contributed by atoms with Gasteiger partial charge in [-0.2, -0.15) is 0 Å². The molecule has 0 aliphatic carbocycles. The summed E-state index contributed by atoms with van der Waals surface area (Å²) in [5.74, 6) is 1.30. The van der Waals surface area contributed by atoms with Gasteiger partial charge in [-0.05, 0) is 18.6 Å². The van der Waals surface area contributed by atoms with Crippen molar-refractivity contribution in [2.75, 3.05) is 12.3 Å². The maximum atomic E-state index is 3.31. The Balaban J connectivity index is 2.00. The van der Waals surface area contributed by atoms with E-state index in [1.807, 2.05) is 18.0 Å². The summed E-state index contributed by atoms with van der Waals surface area (Å²) in [6.45, 7) is 1.22. The average molecular weight is 156 g/mol. The third-order valence-electron chi connectivity index (χ3n) is 1.89. The van der Waals surface area contributed by atoms with Gasteiger partial charge in [0.1, 0.15) is 5.50 Å². The van der Waals surface area contributed by atoms with E-state index < -0.39 is 0 Å². The number of nitrogens with one attached hydrogen (secondary N) is 1. The molecule has 0 aromatic rings. The van der Waals surface area contributed by atoms with Crippen molar-refractivity contribution in [3.05, 3.63) is 12.4 Å². The highest BCUT2D eigenvalue weighted by molar-refractivity contribution is 7.99. The summed E-state index contributed by atoms with van der Waals surface area (Å²) in [7, 11) is 0. The number of fused-ring (bicyclic) bond motifs is 1. The highest BCUT2D eigenvalue weighted by Crippen LogP contribution is 2.22. The van der Waals surface area contributed by atoms with Crippen molar-refractivity contribution in [3.8, 4) is 0 Å². The van der Waals surface area contributed by atoms with E-state index in [1.54, 1.807) is 0 Å². The zero-order valence-corrected chi connectivity index (χ0v) is 6.73. The molecule has 1 fully saturated rings. The van der Waals surface area contributed by atoms with Gasteiger partial charge in [-0.25, -0.2) is 0 Å². The first-order valence-electron chi connectivity index (χ1n) is 3.77. The van der Waals surface area contributed by atoms with Crippen molar-refractivity contribution in [3.63, 3.8) is 0 Å². The van der Waals surface area contributed by atoms with Crippen molar-refractivity contribution in [1.82, 2.24) is 10.2 Å². The molecule has 56 valence electrons. The fourth-order valence-corrected chi connectivity index (χ4v) is 2.46. The van der Waals surface area contributed by atoms with E-state index in [1.165, 1.54) is 25.1 Å². The summed E-state index contributed by atoms with van der Waals surface area (Å²) in [6.07, 6.45) is 6.91. The van der Waals surface area contributed by atoms with Crippen LogP contribution in [0.2, 0.25) is 0 Å². The molecule has 2 heterocycles. The normalized spacial score (nSPS) is 31.2. The summed E-state index contributed by atoms with van der Waals surface area (Å²) >= 11 is 2.01.